The van der Waals surface area contributed by atoms with Gasteiger partial charge in [-0.05, 0) is 34.7 Å². The van der Waals surface area contributed by atoms with Gasteiger partial charge in [-0.1, -0.05) is 91.0 Å². The Morgan fingerprint density at radius 1 is 0.577 bits per heavy atom. The summed E-state index contributed by atoms with van der Waals surface area (Å²) in [5.41, 5.74) is 5.34. The minimum absolute atomic E-state index is 0.969. The Morgan fingerprint density at radius 2 is 1.31 bits per heavy atom. The summed E-state index contributed by atoms with van der Waals surface area (Å²) < 4.78 is 2.74. The molecule has 0 aliphatic rings. The molecule has 0 unspecified atom stereocenters. The zero-order valence-electron chi connectivity index (χ0n) is 14.4. The highest BCUT2D eigenvalue weighted by Crippen LogP contribution is 2.39. The van der Waals surface area contributed by atoms with Gasteiger partial charge >= 0.3 is 0 Å². The van der Waals surface area contributed by atoms with Gasteiger partial charge < -0.3 is 0 Å². The lowest BCUT2D eigenvalue weighted by Crippen LogP contribution is -1.88. The molecule has 0 amide bonds. The van der Waals surface area contributed by atoms with Crippen molar-refractivity contribution in [2.75, 3.05) is 0 Å². The lowest BCUT2D eigenvalue weighted by atomic mass is 9.98. The molecule has 0 aliphatic carbocycles. The average molecular weight is 350 g/mol. The fraction of sp³-hybridized carbons (Fsp3) is 0.0400. The zero-order valence-corrected chi connectivity index (χ0v) is 15.2. The molecule has 0 saturated heterocycles. The SMILES string of the molecule is c1ccc(Cc2cccc(-c3cccc4c3sc3ccccc34)c2)cc1. The Kier molecular flexibility index (Phi) is 3.80. The van der Waals surface area contributed by atoms with Crippen LogP contribution in [0.2, 0.25) is 0 Å². The maximum atomic E-state index is 2.34. The molecule has 0 aliphatic heterocycles. The maximum Gasteiger partial charge on any atom is 0.0433 e. The van der Waals surface area contributed by atoms with Crippen molar-refractivity contribution in [1.82, 2.24) is 0 Å². The van der Waals surface area contributed by atoms with Crippen LogP contribution < -0.4 is 0 Å². The van der Waals surface area contributed by atoms with Crippen molar-refractivity contribution in [3.05, 3.63) is 108 Å². The molecule has 0 fully saturated rings. The Bertz CT molecular complexity index is 1200. The highest BCUT2D eigenvalue weighted by atomic mass is 32.1. The molecule has 1 heterocycles. The predicted molar refractivity (Wildman–Crippen MR) is 114 cm³/mol. The molecule has 0 atom stereocenters. The summed E-state index contributed by atoms with van der Waals surface area (Å²) in [6.45, 7) is 0. The molecule has 0 radical (unpaired) electrons. The largest absolute Gasteiger partial charge is 0.135 e. The molecule has 1 aromatic heterocycles. The van der Waals surface area contributed by atoms with E-state index in [0.29, 0.717) is 0 Å². The average Bonchev–Trinajstić information content (AvgIpc) is 3.08. The summed E-state index contributed by atoms with van der Waals surface area (Å²) >= 11 is 1.89. The van der Waals surface area contributed by atoms with E-state index in [-0.39, 0.29) is 0 Å². The van der Waals surface area contributed by atoms with Crippen molar-refractivity contribution in [2.45, 2.75) is 6.42 Å². The monoisotopic (exact) mass is 350 g/mol. The van der Waals surface area contributed by atoms with Crippen molar-refractivity contribution in [3.8, 4) is 11.1 Å². The van der Waals surface area contributed by atoms with E-state index in [1.54, 1.807) is 0 Å². The predicted octanol–water partition coefficient (Wildman–Crippen LogP) is 7.31. The third-order valence-corrected chi connectivity index (χ3v) is 6.11. The van der Waals surface area contributed by atoms with Crippen molar-refractivity contribution in [3.63, 3.8) is 0 Å². The minimum atomic E-state index is 0.969. The van der Waals surface area contributed by atoms with Crippen LogP contribution in [0.4, 0.5) is 0 Å². The van der Waals surface area contributed by atoms with Gasteiger partial charge in [0, 0.05) is 20.2 Å². The molecule has 124 valence electrons. The van der Waals surface area contributed by atoms with Gasteiger partial charge in [-0.25, -0.2) is 0 Å². The lowest BCUT2D eigenvalue weighted by molar-refractivity contribution is 1.19. The summed E-state index contributed by atoms with van der Waals surface area (Å²) in [7, 11) is 0. The van der Waals surface area contributed by atoms with Crippen LogP contribution in [0.3, 0.4) is 0 Å². The van der Waals surface area contributed by atoms with E-state index in [4.69, 9.17) is 0 Å². The van der Waals surface area contributed by atoms with E-state index in [0.717, 1.165) is 6.42 Å². The minimum Gasteiger partial charge on any atom is -0.135 e. The second-order valence-corrected chi connectivity index (χ2v) is 7.70. The van der Waals surface area contributed by atoms with Crippen LogP contribution in [0.15, 0.2) is 97.1 Å². The molecular weight excluding hydrogens is 332 g/mol. The fourth-order valence-corrected chi connectivity index (χ4v) is 4.89. The van der Waals surface area contributed by atoms with Crippen molar-refractivity contribution in [1.29, 1.82) is 0 Å². The Balaban J connectivity index is 1.63. The van der Waals surface area contributed by atoms with Crippen LogP contribution in [0.1, 0.15) is 11.1 Å². The topological polar surface area (TPSA) is 0 Å². The standard InChI is InChI=1S/C25H18S/c1-2-8-18(9-3-1)16-19-10-6-11-20(17-19)21-13-7-14-23-22-12-4-5-15-24(22)26-25(21)23/h1-15,17H,16H2. The molecule has 0 spiro atoms. The normalized spacial score (nSPS) is 11.2. The highest BCUT2D eigenvalue weighted by Gasteiger charge is 2.10. The van der Waals surface area contributed by atoms with Crippen LogP contribution in [0.25, 0.3) is 31.3 Å². The second kappa shape index (κ2) is 6.44. The summed E-state index contributed by atoms with van der Waals surface area (Å²) in [4.78, 5) is 0. The molecule has 26 heavy (non-hydrogen) atoms. The van der Waals surface area contributed by atoms with Crippen LogP contribution >= 0.6 is 11.3 Å². The van der Waals surface area contributed by atoms with E-state index in [9.17, 15) is 0 Å². The molecule has 0 N–H and O–H groups in total. The first-order valence-corrected chi connectivity index (χ1v) is 9.74. The molecule has 4 aromatic carbocycles. The number of hydrogen-bond acceptors (Lipinski definition) is 1. The first-order valence-electron chi connectivity index (χ1n) is 8.92. The molecule has 0 saturated carbocycles. The van der Waals surface area contributed by atoms with Crippen molar-refractivity contribution in [2.24, 2.45) is 0 Å². The van der Waals surface area contributed by atoms with Gasteiger partial charge in [0.25, 0.3) is 0 Å². The quantitative estimate of drug-likeness (QED) is 0.320. The van der Waals surface area contributed by atoms with Gasteiger partial charge in [0.05, 0.1) is 0 Å². The van der Waals surface area contributed by atoms with Gasteiger partial charge in [0.1, 0.15) is 0 Å². The summed E-state index contributed by atoms with van der Waals surface area (Å²) in [6.07, 6.45) is 0.969. The van der Waals surface area contributed by atoms with Gasteiger partial charge in [0.15, 0.2) is 0 Å². The number of benzene rings is 4. The first kappa shape index (κ1) is 15.4. The van der Waals surface area contributed by atoms with Crippen LogP contribution in [0, 0.1) is 0 Å². The van der Waals surface area contributed by atoms with E-state index in [2.05, 4.69) is 97.1 Å². The summed E-state index contributed by atoms with van der Waals surface area (Å²) in [5.74, 6) is 0. The van der Waals surface area contributed by atoms with E-state index < -0.39 is 0 Å². The van der Waals surface area contributed by atoms with Gasteiger partial charge in [-0.15, -0.1) is 11.3 Å². The molecule has 5 rings (SSSR count). The van der Waals surface area contributed by atoms with Gasteiger partial charge in [-0.2, -0.15) is 0 Å². The smallest absolute Gasteiger partial charge is 0.0433 e. The fourth-order valence-electron chi connectivity index (χ4n) is 3.65. The van der Waals surface area contributed by atoms with Crippen LogP contribution in [-0.2, 0) is 6.42 Å². The van der Waals surface area contributed by atoms with Gasteiger partial charge in [-0.3, -0.25) is 0 Å². The molecule has 0 nitrogen and oxygen atoms in total. The number of fused-ring (bicyclic) bond motifs is 3. The molecular formula is C25H18S. The Morgan fingerprint density at radius 3 is 2.23 bits per heavy atom. The summed E-state index contributed by atoms with van der Waals surface area (Å²) in [5, 5.41) is 2.71. The van der Waals surface area contributed by atoms with E-state index in [1.165, 1.54) is 42.4 Å². The van der Waals surface area contributed by atoms with Crippen molar-refractivity contribution < 1.29 is 0 Å². The first-order chi connectivity index (χ1) is 12.9. The number of rotatable bonds is 3. The van der Waals surface area contributed by atoms with Crippen LogP contribution in [-0.4, -0.2) is 0 Å². The Labute approximate surface area is 157 Å². The molecule has 0 bridgehead atoms. The van der Waals surface area contributed by atoms with Crippen molar-refractivity contribution >= 4 is 31.5 Å². The molecule has 1 heteroatoms. The highest BCUT2D eigenvalue weighted by molar-refractivity contribution is 7.26. The van der Waals surface area contributed by atoms with Crippen LogP contribution in [0.5, 0.6) is 0 Å². The van der Waals surface area contributed by atoms with E-state index >= 15 is 0 Å². The second-order valence-electron chi connectivity index (χ2n) is 6.64. The number of thiophene rings is 1. The number of hydrogen-bond donors (Lipinski definition) is 0. The maximum absolute atomic E-state index is 2.34. The van der Waals surface area contributed by atoms with Gasteiger partial charge in [0.2, 0.25) is 0 Å². The lowest BCUT2D eigenvalue weighted by Gasteiger charge is -2.07. The Hall–Kier alpha value is -2.90. The zero-order chi connectivity index (χ0) is 17.3. The third-order valence-electron chi connectivity index (χ3n) is 4.89. The third kappa shape index (κ3) is 2.71. The summed E-state index contributed by atoms with van der Waals surface area (Å²) in [6, 6.07) is 35.0. The van der Waals surface area contributed by atoms with E-state index in [1.807, 2.05) is 11.3 Å². The molecule has 5 aromatic rings.